The number of benzene rings is 2. The summed E-state index contributed by atoms with van der Waals surface area (Å²) in [6.07, 6.45) is 5.27. The lowest BCUT2D eigenvalue weighted by Crippen LogP contribution is -2.22. The number of carbonyl (C=O) groups excluding carboxylic acids is 1. The molecule has 0 aliphatic heterocycles. The molecule has 2 heterocycles. The van der Waals surface area contributed by atoms with Crippen molar-refractivity contribution >= 4 is 16.8 Å². The number of ether oxygens (including phenoxy) is 1. The summed E-state index contributed by atoms with van der Waals surface area (Å²) >= 11 is 0. The number of methoxy groups -OCH3 is 1. The number of carbonyl (C=O) groups is 1. The maximum absolute atomic E-state index is 12.6. The number of pyridine rings is 1. The first-order valence-electron chi connectivity index (χ1n) is 8.98. The van der Waals surface area contributed by atoms with Crippen molar-refractivity contribution in [3.8, 4) is 5.75 Å². The minimum atomic E-state index is -0.125. The fraction of sp³-hybridized carbons (Fsp3) is 0.136. The maximum Gasteiger partial charge on any atom is 0.251 e. The van der Waals surface area contributed by atoms with Gasteiger partial charge >= 0.3 is 0 Å². The predicted octanol–water partition coefficient (Wildman–Crippen LogP) is 3.42. The summed E-state index contributed by atoms with van der Waals surface area (Å²) in [6.45, 7) is 1.04. The van der Waals surface area contributed by atoms with Crippen LogP contribution < -0.4 is 10.1 Å². The third-order valence-electron chi connectivity index (χ3n) is 4.55. The first kappa shape index (κ1) is 17.7. The van der Waals surface area contributed by atoms with Gasteiger partial charge in [-0.25, -0.2) is 0 Å². The van der Waals surface area contributed by atoms with Crippen molar-refractivity contribution in [3.05, 3.63) is 89.9 Å². The van der Waals surface area contributed by atoms with Crippen LogP contribution in [-0.4, -0.2) is 27.8 Å². The van der Waals surface area contributed by atoms with E-state index in [1.807, 2.05) is 65.5 Å². The predicted molar refractivity (Wildman–Crippen MR) is 107 cm³/mol. The first-order chi connectivity index (χ1) is 13.7. The van der Waals surface area contributed by atoms with Crippen LogP contribution in [0.2, 0.25) is 0 Å². The molecule has 1 amide bonds. The van der Waals surface area contributed by atoms with E-state index >= 15 is 0 Å². The molecular weight excluding hydrogens is 352 g/mol. The molecule has 0 spiro atoms. The fourth-order valence-electron chi connectivity index (χ4n) is 3.07. The van der Waals surface area contributed by atoms with E-state index in [1.165, 1.54) is 0 Å². The van der Waals surface area contributed by atoms with Crippen LogP contribution in [0.25, 0.3) is 10.9 Å². The Morgan fingerprint density at radius 2 is 1.96 bits per heavy atom. The van der Waals surface area contributed by atoms with E-state index in [4.69, 9.17) is 4.74 Å². The van der Waals surface area contributed by atoms with Gasteiger partial charge in [0.25, 0.3) is 5.91 Å². The van der Waals surface area contributed by atoms with Gasteiger partial charge in [-0.1, -0.05) is 24.3 Å². The molecular formula is C22H20N4O2. The molecule has 0 atom stereocenters. The molecule has 0 bridgehead atoms. The van der Waals surface area contributed by atoms with Crippen LogP contribution in [0.5, 0.6) is 5.75 Å². The maximum atomic E-state index is 12.6. The van der Waals surface area contributed by atoms with Gasteiger partial charge in [-0.15, -0.1) is 0 Å². The van der Waals surface area contributed by atoms with E-state index in [-0.39, 0.29) is 5.91 Å². The van der Waals surface area contributed by atoms with Crippen molar-refractivity contribution in [2.24, 2.45) is 0 Å². The van der Waals surface area contributed by atoms with Crippen molar-refractivity contribution in [2.75, 3.05) is 7.11 Å². The first-order valence-corrected chi connectivity index (χ1v) is 8.98. The van der Waals surface area contributed by atoms with Crippen molar-refractivity contribution in [1.82, 2.24) is 20.1 Å². The lowest BCUT2D eigenvalue weighted by Gasteiger charge is -2.08. The van der Waals surface area contributed by atoms with E-state index < -0.39 is 0 Å². The normalized spacial score (nSPS) is 10.8. The van der Waals surface area contributed by atoms with Gasteiger partial charge in [0.15, 0.2) is 0 Å². The van der Waals surface area contributed by atoms with Gasteiger partial charge in [0, 0.05) is 29.9 Å². The molecule has 0 aliphatic carbocycles. The number of hydrogen-bond acceptors (Lipinski definition) is 4. The van der Waals surface area contributed by atoms with Crippen molar-refractivity contribution in [2.45, 2.75) is 13.1 Å². The Bertz CT molecular complexity index is 1110. The van der Waals surface area contributed by atoms with E-state index in [9.17, 15) is 4.79 Å². The zero-order valence-electron chi connectivity index (χ0n) is 15.5. The molecule has 6 nitrogen and oxygen atoms in total. The molecule has 0 saturated heterocycles. The SMILES string of the molecule is COc1cccc(Cn2ncc3ccc(C(=O)NCc4cccnc4)cc32)c1. The summed E-state index contributed by atoms with van der Waals surface area (Å²) in [6, 6.07) is 17.3. The minimum absolute atomic E-state index is 0.125. The Morgan fingerprint density at radius 3 is 2.79 bits per heavy atom. The van der Waals surface area contributed by atoms with E-state index in [0.717, 1.165) is 27.8 Å². The summed E-state index contributed by atoms with van der Waals surface area (Å²) in [5, 5.41) is 8.40. The monoisotopic (exact) mass is 372 g/mol. The zero-order valence-corrected chi connectivity index (χ0v) is 15.5. The average Bonchev–Trinajstić information content (AvgIpc) is 3.15. The van der Waals surface area contributed by atoms with Gasteiger partial charge in [0.2, 0.25) is 0 Å². The number of rotatable bonds is 6. The standard InChI is InChI=1S/C22H20N4O2/c1-28-20-6-2-4-16(10-20)15-26-21-11-18(7-8-19(21)14-25-26)22(27)24-13-17-5-3-9-23-12-17/h2-12,14H,13,15H2,1H3,(H,24,27). The Labute approximate surface area is 162 Å². The van der Waals surface area contributed by atoms with Crippen molar-refractivity contribution < 1.29 is 9.53 Å². The topological polar surface area (TPSA) is 69.0 Å². The highest BCUT2D eigenvalue weighted by Gasteiger charge is 2.10. The summed E-state index contributed by atoms with van der Waals surface area (Å²) in [4.78, 5) is 16.6. The van der Waals surface area contributed by atoms with Gasteiger partial charge in [0.1, 0.15) is 5.75 Å². The molecule has 2 aromatic carbocycles. The molecule has 0 fully saturated rings. The van der Waals surface area contributed by atoms with Crippen LogP contribution >= 0.6 is 0 Å². The van der Waals surface area contributed by atoms with Gasteiger partial charge in [-0.3, -0.25) is 14.5 Å². The molecule has 6 heteroatoms. The molecule has 4 aromatic rings. The highest BCUT2D eigenvalue weighted by Crippen LogP contribution is 2.19. The number of nitrogens with one attached hydrogen (secondary N) is 1. The average molecular weight is 372 g/mol. The smallest absolute Gasteiger partial charge is 0.251 e. The molecule has 0 radical (unpaired) electrons. The van der Waals surface area contributed by atoms with Crippen LogP contribution in [0.1, 0.15) is 21.5 Å². The van der Waals surface area contributed by atoms with Crippen LogP contribution in [0.3, 0.4) is 0 Å². The van der Waals surface area contributed by atoms with Crippen LogP contribution in [0.4, 0.5) is 0 Å². The molecule has 2 aromatic heterocycles. The van der Waals surface area contributed by atoms with Crippen molar-refractivity contribution in [3.63, 3.8) is 0 Å². The number of nitrogens with zero attached hydrogens (tertiary/aromatic N) is 3. The third kappa shape index (κ3) is 3.86. The van der Waals surface area contributed by atoms with Crippen LogP contribution in [0, 0.1) is 0 Å². The van der Waals surface area contributed by atoms with Gasteiger partial charge in [-0.2, -0.15) is 5.10 Å². The molecule has 1 N–H and O–H groups in total. The van der Waals surface area contributed by atoms with Crippen molar-refractivity contribution in [1.29, 1.82) is 0 Å². The van der Waals surface area contributed by atoms with E-state index in [1.54, 1.807) is 19.5 Å². The Morgan fingerprint density at radius 1 is 1.07 bits per heavy atom. The van der Waals surface area contributed by atoms with Gasteiger partial charge in [0.05, 0.1) is 25.4 Å². The lowest BCUT2D eigenvalue weighted by molar-refractivity contribution is 0.0951. The molecule has 4 rings (SSSR count). The third-order valence-corrected chi connectivity index (χ3v) is 4.55. The number of aromatic nitrogens is 3. The van der Waals surface area contributed by atoms with Gasteiger partial charge in [-0.05, 0) is 41.5 Å². The fourth-order valence-corrected chi connectivity index (χ4v) is 3.07. The summed E-state index contributed by atoms with van der Waals surface area (Å²) in [5.74, 6) is 0.685. The second-order valence-electron chi connectivity index (χ2n) is 6.47. The number of amides is 1. The molecule has 0 aliphatic rings. The Balaban J connectivity index is 1.54. The Kier molecular flexibility index (Phi) is 5.01. The summed E-state index contributed by atoms with van der Waals surface area (Å²) < 4.78 is 7.18. The largest absolute Gasteiger partial charge is 0.497 e. The highest BCUT2D eigenvalue weighted by molar-refractivity contribution is 5.97. The molecule has 0 saturated carbocycles. The van der Waals surface area contributed by atoms with E-state index in [0.29, 0.717) is 18.7 Å². The molecule has 140 valence electrons. The van der Waals surface area contributed by atoms with Gasteiger partial charge < -0.3 is 10.1 Å². The number of hydrogen-bond donors (Lipinski definition) is 1. The highest BCUT2D eigenvalue weighted by atomic mass is 16.5. The summed E-state index contributed by atoms with van der Waals surface area (Å²) in [5.41, 5.74) is 3.55. The zero-order chi connectivity index (χ0) is 19.3. The lowest BCUT2D eigenvalue weighted by atomic mass is 10.1. The Hall–Kier alpha value is -3.67. The second-order valence-corrected chi connectivity index (χ2v) is 6.47. The quantitative estimate of drug-likeness (QED) is 0.563. The minimum Gasteiger partial charge on any atom is -0.497 e. The van der Waals surface area contributed by atoms with E-state index in [2.05, 4.69) is 15.4 Å². The van der Waals surface area contributed by atoms with Crippen LogP contribution in [0.15, 0.2) is 73.2 Å². The van der Waals surface area contributed by atoms with Crippen LogP contribution in [-0.2, 0) is 13.1 Å². The number of fused-ring (bicyclic) bond motifs is 1. The second kappa shape index (κ2) is 7.92. The molecule has 28 heavy (non-hydrogen) atoms. The summed E-state index contributed by atoms with van der Waals surface area (Å²) in [7, 11) is 1.65. The molecule has 0 unspecified atom stereocenters.